The first kappa shape index (κ1) is 17.4. The highest BCUT2D eigenvalue weighted by Gasteiger charge is 2.30. The highest BCUT2D eigenvalue weighted by atomic mass is 16.3. The van der Waals surface area contributed by atoms with E-state index in [9.17, 15) is 5.11 Å². The van der Waals surface area contributed by atoms with Gasteiger partial charge in [0.25, 0.3) is 0 Å². The van der Waals surface area contributed by atoms with Crippen molar-refractivity contribution in [1.29, 1.82) is 0 Å². The van der Waals surface area contributed by atoms with Crippen molar-refractivity contribution in [3.63, 3.8) is 0 Å². The monoisotopic (exact) mass is 330 g/mol. The van der Waals surface area contributed by atoms with Crippen LogP contribution in [-0.2, 0) is 19.3 Å². The molecule has 1 heteroatoms. The molecule has 1 N–H and O–H groups in total. The second-order valence-corrected chi connectivity index (χ2v) is 6.96. The largest absolute Gasteiger partial charge is 0.396 e. The van der Waals surface area contributed by atoms with E-state index in [2.05, 4.69) is 91.0 Å². The van der Waals surface area contributed by atoms with Crippen molar-refractivity contribution in [2.45, 2.75) is 25.7 Å². The SMILES string of the molecule is OCCC(Cc1ccccc1)(Cc1ccccc1)Cc1ccccc1. The molecule has 0 aliphatic heterocycles. The molecule has 3 rings (SSSR count). The molecule has 25 heavy (non-hydrogen) atoms. The summed E-state index contributed by atoms with van der Waals surface area (Å²) >= 11 is 0. The molecule has 1 nitrogen and oxygen atoms in total. The number of hydrogen-bond donors (Lipinski definition) is 1. The summed E-state index contributed by atoms with van der Waals surface area (Å²) in [5, 5.41) is 9.84. The zero-order valence-electron chi connectivity index (χ0n) is 14.6. The molecule has 0 aliphatic carbocycles. The van der Waals surface area contributed by atoms with E-state index in [0.29, 0.717) is 0 Å². The highest BCUT2D eigenvalue weighted by molar-refractivity contribution is 5.24. The molecule has 0 saturated carbocycles. The standard InChI is InChI=1S/C24H26O/c25-17-16-24(18-21-10-4-1-5-11-21,19-22-12-6-2-7-13-22)20-23-14-8-3-9-15-23/h1-15,25H,16-20H2. The van der Waals surface area contributed by atoms with Crippen molar-refractivity contribution < 1.29 is 5.11 Å². The van der Waals surface area contributed by atoms with E-state index in [1.807, 2.05) is 0 Å². The minimum Gasteiger partial charge on any atom is -0.396 e. The lowest BCUT2D eigenvalue weighted by Crippen LogP contribution is -2.31. The maximum Gasteiger partial charge on any atom is 0.0436 e. The summed E-state index contributed by atoms with van der Waals surface area (Å²) in [5.74, 6) is 0. The van der Waals surface area contributed by atoms with E-state index >= 15 is 0 Å². The minimum atomic E-state index is 0.0127. The summed E-state index contributed by atoms with van der Waals surface area (Å²) in [6, 6.07) is 32.0. The van der Waals surface area contributed by atoms with Gasteiger partial charge in [-0.05, 0) is 47.8 Å². The molecule has 3 aromatic carbocycles. The third-order valence-electron chi connectivity index (χ3n) is 4.91. The van der Waals surface area contributed by atoms with Gasteiger partial charge in [-0.2, -0.15) is 0 Å². The van der Waals surface area contributed by atoms with E-state index in [0.717, 1.165) is 25.7 Å². The van der Waals surface area contributed by atoms with Crippen LogP contribution in [0.3, 0.4) is 0 Å². The van der Waals surface area contributed by atoms with Crippen molar-refractivity contribution in [1.82, 2.24) is 0 Å². The van der Waals surface area contributed by atoms with Crippen molar-refractivity contribution in [3.8, 4) is 0 Å². The number of rotatable bonds is 8. The molecule has 0 aromatic heterocycles. The van der Waals surface area contributed by atoms with E-state index in [1.165, 1.54) is 16.7 Å². The lowest BCUT2D eigenvalue weighted by Gasteiger charge is -2.34. The molecule has 0 unspecified atom stereocenters. The molecule has 0 heterocycles. The average Bonchev–Trinajstić information content (AvgIpc) is 2.64. The Kier molecular flexibility index (Phi) is 6.03. The van der Waals surface area contributed by atoms with Gasteiger partial charge >= 0.3 is 0 Å². The first-order valence-electron chi connectivity index (χ1n) is 9.02. The van der Waals surface area contributed by atoms with Gasteiger partial charge in [0.2, 0.25) is 0 Å². The van der Waals surface area contributed by atoms with Gasteiger partial charge in [0, 0.05) is 6.61 Å². The van der Waals surface area contributed by atoms with Crippen LogP contribution in [-0.4, -0.2) is 11.7 Å². The zero-order valence-corrected chi connectivity index (χ0v) is 14.6. The fraction of sp³-hybridized carbons (Fsp3) is 0.250. The summed E-state index contributed by atoms with van der Waals surface area (Å²) in [4.78, 5) is 0. The summed E-state index contributed by atoms with van der Waals surface area (Å²) in [7, 11) is 0. The predicted octanol–water partition coefficient (Wildman–Crippen LogP) is 5.08. The van der Waals surface area contributed by atoms with Gasteiger partial charge in [-0.25, -0.2) is 0 Å². The zero-order chi connectivity index (χ0) is 17.4. The van der Waals surface area contributed by atoms with Gasteiger partial charge in [0.1, 0.15) is 0 Å². The molecule has 3 aromatic rings. The van der Waals surface area contributed by atoms with Gasteiger partial charge < -0.3 is 5.11 Å². The molecule has 0 spiro atoms. The minimum absolute atomic E-state index is 0.0127. The second-order valence-electron chi connectivity index (χ2n) is 6.96. The average molecular weight is 330 g/mol. The number of hydrogen-bond acceptors (Lipinski definition) is 1. The fourth-order valence-corrected chi connectivity index (χ4v) is 3.78. The van der Waals surface area contributed by atoms with Gasteiger partial charge in [-0.1, -0.05) is 91.0 Å². The Hall–Kier alpha value is -2.38. The maximum atomic E-state index is 9.84. The van der Waals surface area contributed by atoms with E-state index in [-0.39, 0.29) is 12.0 Å². The molecule has 0 fully saturated rings. The van der Waals surface area contributed by atoms with Crippen LogP contribution >= 0.6 is 0 Å². The molecular formula is C24H26O. The maximum absolute atomic E-state index is 9.84. The van der Waals surface area contributed by atoms with Crippen LogP contribution in [0.5, 0.6) is 0 Å². The Morgan fingerprint density at radius 3 is 1.12 bits per heavy atom. The highest BCUT2D eigenvalue weighted by Crippen LogP contribution is 2.35. The Bertz CT molecular complexity index is 633. The van der Waals surface area contributed by atoms with E-state index < -0.39 is 0 Å². The molecule has 0 saturated heterocycles. The Balaban J connectivity index is 1.94. The molecule has 0 radical (unpaired) electrons. The summed E-state index contributed by atoms with van der Waals surface area (Å²) in [6.45, 7) is 0.215. The van der Waals surface area contributed by atoms with Gasteiger partial charge in [0.05, 0.1) is 0 Å². The predicted molar refractivity (Wildman–Crippen MR) is 105 cm³/mol. The van der Waals surface area contributed by atoms with Crippen LogP contribution in [0.4, 0.5) is 0 Å². The Morgan fingerprint density at radius 1 is 0.520 bits per heavy atom. The number of aliphatic hydroxyl groups excluding tert-OH is 1. The third-order valence-corrected chi connectivity index (χ3v) is 4.91. The summed E-state index contributed by atoms with van der Waals surface area (Å²) in [6.07, 6.45) is 3.71. The summed E-state index contributed by atoms with van der Waals surface area (Å²) in [5.41, 5.74) is 4.02. The quantitative estimate of drug-likeness (QED) is 0.610. The Morgan fingerprint density at radius 2 is 0.840 bits per heavy atom. The lowest BCUT2D eigenvalue weighted by atomic mass is 9.70. The van der Waals surface area contributed by atoms with Crippen molar-refractivity contribution in [2.24, 2.45) is 5.41 Å². The Labute approximate surface area is 151 Å². The first-order chi connectivity index (χ1) is 12.3. The van der Waals surface area contributed by atoms with E-state index in [1.54, 1.807) is 0 Å². The lowest BCUT2D eigenvalue weighted by molar-refractivity contribution is 0.176. The van der Waals surface area contributed by atoms with Crippen LogP contribution in [0.25, 0.3) is 0 Å². The van der Waals surface area contributed by atoms with Crippen LogP contribution in [0, 0.1) is 5.41 Å². The molecule has 128 valence electrons. The fourth-order valence-electron chi connectivity index (χ4n) is 3.78. The molecule has 0 amide bonds. The van der Waals surface area contributed by atoms with E-state index in [4.69, 9.17) is 0 Å². The van der Waals surface area contributed by atoms with Crippen molar-refractivity contribution in [3.05, 3.63) is 108 Å². The normalized spacial score (nSPS) is 11.4. The van der Waals surface area contributed by atoms with Crippen LogP contribution in [0.15, 0.2) is 91.0 Å². The van der Waals surface area contributed by atoms with Crippen LogP contribution in [0.1, 0.15) is 23.1 Å². The van der Waals surface area contributed by atoms with Gasteiger partial charge in [0.15, 0.2) is 0 Å². The van der Waals surface area contributed by atoms with Gasteiger partial charge in [-0.15, -0.1) is 0 Å². The summed E-state index contributed by atoms with van der Waals surface area (Å²) < 4.78 is 0. The van der Waals surface area contributed by atoms with Crippen molar-refractivity contribution in [2.75, 3.05) is 6.61 Å². The van der Waals surface area contributed by atoms with Crippen LogP contribution in [0.2, 0.25) is 0 Å². The third kappa shape index (κ3) is 5.04. The number of benzene rings is 3. The first-order valence-corrected chi connectivity index (χ1v) is 9.02. The van der Waals surface area contributed by atoms with Crippen molar-refractivity contribution >= 4 is 0 Å². The molecule has 0 atom stereocenters. The number of aliphatic hydroxyl groups is 1. The second kappa shape index (κ2) is 8.64. The smallest absolute Gasteiger partial charge is 0.0436 e. The topological polar surface area (TPSA) is 20.2 Å². The van der Waals surface area contributed by atoms with Gasteiger partial charge in [-0.3, -0.25) is 0 Å². The molecule has 0 bridgehead atoms. The van der Waals surface area contributed by atoms with Crippen LogP contribution < -0.4 is 0 Å². The molecular weight excluding hydrogens is 304 g/mol. The molecule has 0 aliphatic rings.